The summed E-state index contributed by atoms with van der Waals surface area (Å²) >= 11 is 3.40. The molecule has 0 N–H and O–H groups in total. The third-order valence-corrected chi connectivity index (χ3v) is 3.24. The molecule has 2 heterocycles. The van der Waals surface area contributed by atoms with Crippen LogP contribution >= 0.6 is 15.9 Å². The number of pyridine rings is 1. The van der Waals surface area contributed by atoms with E-state index in [0.717, 1.165) is 21.5 Å². The maximum absolute atomic E-state index is 5.37. The maximum Gasteiger partial charge on any atom is 0.139 e. The van der Waals surface area contributed by atoms with E-state index < -0.39 is 0 Å². The van der Waals surface area contributed by atoms with Gasteiger partial charge < -0.3 is 9.30 Å². The SMILES string of the molecule is COC(C)c1nc2cnc(Br)cc2n1C(C)C. The van der Waals surface area contributed by atoms with Gasteiger partial charge in [-0.15, -0.1) is 0 Å². The van der Waals surface area contributed by atoms with Gasteiger partial charge in [0.15, 0.2) is 0 Å². The summed E-state index contributed by atoms with van der Waals surface area (Å²) in [5.74, 6) is 0.942. The van der Waals surface area contributed by atoms with Crippen LogP contribution in [0.2, 0.25) is 0 Å². The molecule has 5 heteroatoms. The first kappa shape index (κ1) is 12.5. The van der Waals surface area contributed by atoms with Crippen LogP contribution in [0.3, 0.4) is 0 Å². The predicted molar refractivity (Wildman–Crippen MR) is 71.0 cm³/mol. The number of rotatable bonds is 3. The topological polar surface area (TPSA) is 39.9 Å². The smallest absolute Gasteiger partial charge is 0.139 e. The third-order valence-electron chi connectivity index (χ3n) is 2.80. The molecule has 0 amide bonds. The van der Waals surface area contributed by atoms with E-state index in [1.807, 2.05) is 13.0 Å². The molecule has 2 aromatic rings. The Morgan fingerprint density at radius 1 is 1.35 bits per heavy atom. The molecule has 0 bridgehead atoms. The molecule has 1 atom stereocenters. The quantitative estimate of drug-likeness (QED) is 0.814. The van der Waals surface area contributed by atoms with Crippen LogP contribution in [0.15, 0.2) is 16.9 Å². The van der Waals surface area contributed by atoms with Crippen molar-refractivity contribution in [2.45, 2.75) is 32.9 Å². The Kier molecular flexibility index (Phi) is 3.49. The number of fused-ring (bicyclic) bond motifs is 1. The number of aromatic nitrogens is 3. The second kappa shape index (κ2) is 4.74. The van der Waals surface area contributed by atoms with Crippen molar-refractivity contribution in [3.63, 3.8) is 0 Å². The van der Waals surface area contributed by atoms with Crippen molar-refractivity contribution in [1.82, 2.24) is 14.5 Å². The first-order valence-corrected chi connectivity index (χ1v) is 6.40. The fraction of sp³-hybridized carbons (Fsp3) is 0.500. The van der Waals surface area contributed by atoms with E-state index in [4.69, 9.17) is 4.74 Å². The minimum Gasteiger partial charge on any atom is -0.374 e. The zero-order valence-corrected chi connectivity index (χ0v) is 12.0. The monoisotopic (exact) mass is 297 g/mol. The van der Waals surface area contributed by atoms with Gasteiger partial charge in [-0.25, -0.2) is 9.97 Å². The Morgan fingerprint density at radius 3 is 2.65 bits per heavy atom. The summed E-state index contributed by atoms with van der Waals surface area (Å²) < 4.78 is 8.38. The molecule has 2 aromatic heterocycles. The highest BCUT2D eigenvalue weighted by Crippen LogP contribution is 2.27. The number of hydrogen-bond donors (Lipinski definition) is 0. The lowest BCUT2D eigenvalue weighted by atomic mass is 10.3. The van der Waals surface area contributed by atoms with Crippen LogP contribution in [0.25, 0.3) is 11.0 Å². The number of imidazole rings is 1. The third kappa shape index (κ3) is 2.21. The average molecular weight is 298 g/mol. The summed E-state index contributed by atoms with van der Waals surface area (Å²) in [5.41, 5.74) is 1.99. The first-order chi connectivity index (χ1) is 8.04. The van der Waals surface area contributed by atoms with E-state index in [0.29, 0.717) is 6.04 Å². The van der Waals surface area contributed by atoms with E-state index in [1.165, 1.54) is 0 Å². The lowest BCUT2D eigenvalue weighted by Crippen LogP contribution is -2.10. The van der Waals surface area contributed by atoms with Crippen molar-refractivity contribution >= 4 is 27.0 Å². The maximum atomic E-state index is 5.37. The fourth-order valence-corrected chi connectivity index (χ4v) is 2.25. The number of methoxy groups -OCH3 is 1. The molecule has 1 unspecified atom stereocenters. The average Bonchev–Trinajstić information content (AvgIpc) is 2.66. The fourth-order valence-electron chi connectivity index (χ4n) is 1.93. The Balaban J connectivity index is 2.71. The van der Waals surface area contributed by atoms with Crippen LogP contribution in [0, 0.1) is 0 Å². The molecule has 17 heavy (non-hydrogen) atoms. The molecule has 0 saturated carbocycles. The lowest BCUT2D eigenvalue weighted by Gasteiger charge is -2.16. The van der Waals surface area contributed by atoms with E-state index in [-0.39, 0.29) is 6.10 Å². The zero-order valence-electron chi connectivity index (χ0n) is 10.4. The highest BCUT2D eigenvalue weighted by molar-refractivity contribution is 9.10. The Hall–Kier alpha value is -0.940. The normalized spacial score (nSPS) is 13.5. The van der Waals surface area contributed by atoms with Gasteiger partial charge in [-0.1, -0.05) is 0 Å². The second-order valence-electron chi connectivity index (χ2n) is 4.31. The van der Waals surface area contributed by atoms with Crippen molar-refractivity contribution in [1.29, 1.82) is 0 Å². The van der Waals surface area contributed by atoms with Gasteiger partial charge in [0.2, 0.25) is 0 Å². The minimum absolute atomic E-state index is 0.0245. The van der Waals surface area contributed by atoms with Crippen LogP contribution in [0.1, 0.15) is 38.7 Å². The highest BCUT2D eigenvalue weighted by atomic mass is 79.9. The van der Waals surface area contributed by atoms with Gasteiger partial charge in [-0.05, 0) is 42.8 Å². The van der Waals surface area contributed by atoms with Gasteiger partial charge >= 0.3 is 0 Å². The summed E-state index contributed by atoms with van der Waals surface area (Å²) in [7, 11) is 1.70. The largest absolute Gasteiger partial charge is 0.374 e. The van der Waals surface area contributed by atoms with Gasteiger partial charge in [-0.2, -0.15) is 0 Å². The van der Waals surface area contributed by atoms with Gasteiger partial charge in [0.1, 0.15) is 22.0 Å². The molecule has 2 rings (SSSR count). The van der Waals surface area contributed by atoms with Crippen molar-refractivity contribution in [2.75, 3.05) is 7.11 Å². The van der Waals surface area contributed by atoms with Crippen molar-refractivity contribution in [3.05, 3.63) is 22.7 Å². The van der Waals surface area contributed by atoms with Crippen LogP contribution < -0.4 is 0 Å². The van der Waals surface area contributed by atoms with E-state index in [9.17, 15) is 0 Å². The molecule has 0 radical (unpaired) electrons. The summed E-state index contributed by atoms with van der Waals surface area (Å²) in [6, 6.07) is 2.33. The second-order valence-corrected chi connectivity index (χ2v) is 5.12. The summed E-state index contributed by atoms with van der Waals surface area (Å²) in [6.45, 7) is 6.28. The number of halogens is 1. The van der Waals surface area contributed by atoms with Crippen molar-refractivity contribution in [2.24, 2.45) is 0 Å². The number of nitrogens with zero attached hydrogens (tertiary/aromatic N) is 3. The Morgan fingerprint density at radius 2 is 2.06 bits per heavy atom. The van der Waals surface area contributed by atoms with Gasteiger partial charge in [0.25, 0.3) is 0 Å². The van der Waals surface area contributed by atoms with E-state index >= 15 is 0 Å². The molecule has 92 valence electrons. The number of hydrogen-bond acceptors (Lipinski definition) is 3. The van der Waals surface area contributed by atoms with Crippen LogP contribution in [0.4, 0.5) is 0 Å². The first-order valence-electron chi connectivity index (χ1n) is 5.60. The minimum atomic E-state index is -0.0245. The summed E-state index contributed by atoms with van der Waals surface area (Å²) in [5, 5.41) is 0. The predicted octanol–water partition coefficient (Wildman–Crippen LogP) is 3.48. The molecule has 0 saturated heterocycles. The summed E-state index contributed by atoms with van der Waals surface area (Å²) in [6.07, 6.45) is 1.76. The van der Waals surface area contributed by atoms with Gasteiger partial charge in [0.05, 0.1) is 11.7 Å². The molecule has 0 aromatic carbocycles. The molecule has 0 fully saturated rings. The standard InChI is InChI=1S/C12H16BrN3O/c1-7(2)16-10-5-11(13)14-6-9(10)15-12(16)8(3)17-4/h5-8H,1-4H3. The van der Waals surface area contributed by atoms with Gasteiger partial charge in [-0.3, -0.25) is 0 Å². The van der Waals surface area contributed by atoms with Crippen LogP contribution in [-0.2, 0) is 4.74 Å². The zero-order chi connectivity index (χ0) is 12.6. The molecule has 0 aliphatic carbocycles. The molecule has 4 nitrogen and oxygen atoms in total. The van der Waals surface area contributed by atoms with Gasteiger partial charge in [0, 0.05) is 13.2 Å². The molecule has 0 spiro atoms. The van der Waals surface area contributed by atoms with Crippen molar-refractivity contribution < 1.29 is 4.74 Å². The van der Waals surface area contributed by atoms with E-state index in [1.54, 1.807) is 13.3 Å². The summed E-state index contributed by atoms with van der Waals surface area (Å²) in [4.78, 5) is 8.81. The van der Waals surface area contributed by atoms with Crippen LogP contribution in [-0.4, -0.2) is 21.6 Å². The Bertz CT molecular complexity index is 536. The van der Waals surface area contributed by atoms with Crippen LogP contribution in [0.5, 0.6) is 0 Å². The molecule has 0 aliphatic rings. The molecular weight excluding hydrogens is 282 g/mol. The van der Waals surface area contributed by atoms with Crippen molar-refractivity contribution in [3.8, 4) is 0 Å². The number of ether oxygens (including phenoxy) is 1. The molecule has 0 aliphatic heterocycles. The highest BCUT2D eigenvalue weighted by Gasteiger charge is 2.18. The van der Waals surface area contributed by atoms with E-state index in [2.05, 4.69) is 44.3 Å². The molecular formula is C12H16BrN3O. The Labute approximate surface area is 109 Å². The lowest BCUT2D eigenvalue weighted by molar-refractivity contribution is 0.108.